The van der Waals surface area contributed by atoms with E-state index in [0.717, 1.165) is 0 Å². The number of halogens is 1. The maximum absolute atomic E-state index is 12.1. The van der Waals surface area contributed by atoms with Crippen LogP contribution < -0.4 is 26.7 Å². The summed E-state index contributed by atoms with van der Waals surface area (Å²) in [4.78, 5) is 15.1. The maximum atomic E-state index is 12.1. The number of piperazine rings is 1. The fraction of sp³-hybridized carbons (Fsp3) is 0.889. The SMILES string of the molecule is C[I-]COP(N)(=O)N1CCN(C(=O)OCCO)CC1. The number of nitrogens with zero attached hydrogens (tertiary/aromatic N) is 2. The Hall–Kier alpha value is 0.0700. The Morgan fingerprint density at radius 3 is 2.58 bits per heavy atom. The van der Waals surface area contributed by atoms with E-state index >= 15 is 0 Å². The molecule has 1 saturated heterocycles. The molecule has 3 N–H and O–H groups in total. The van der Waals surface area contributed by atoms with E-state index in [1.54, 1.807) is 4.67 Å². The van der Waals surface area contributed by atoms with Crippen molar-refractivity contribution in [2.45, 2.75) is 0 Å². The monoisotopic (exact) mass is 408 g/mol. The summed E-state index contributed by atoms with van der Waals surface area (Å²) in [7, 11) is -3.22. The number of alkyl halides is 2. The second-order valence-electron chi connectivity index (χ2n) is 3.85. The van der Waals surface area contributed by atoms with E-state index < -0.39 is 13.8 Å². The molecule has 0 radical (unpaired) electrons. The fourth-order valence-corrected chi connectivity index (χ4v) is 4.75. The van der Waals surface area contributed by atoms with Crippen molar-refractivity contribution >= 4 is 13.8 Å². The molecule has 0 aromatic heterocycles. The molecule has 1 heterocycles. The van der Waals surface area contributed by atoms with Crippen LogP contribution in [0.3, 0.4) is 0 Å². The van der Waals surface area contributed by atoms with Gasteiger partial charge < -0.3 is 0 Å². The average molecular weight is 408 g/mol. The number of nitrogens with two attached hydrogens (primary N) is 1. The Labute approximate surface area is 123 Å². The van der Waals surface area contributed by atoms with E-state index in [1.165, 1.54) is 4.90 Å². The Balaban J connectivity index is 2.39. The number of ether oxygens (including phenoxy) is 1. The Kier molecular flexibility index (Phi) is 7.55. The summed E-state index contributed by atoms with van der Waals surface area (Å²) in [5.41, 5.74) is 5.69. The van der Waals surface area contributed by atoms with Crippen molar-refractivity contribution in [3.63, 3.8) is 0 Å². The molecule has 0 bridgehead atoms. The molecule has 8 nitrogen and oxygen atoms in total. The number of carbonyl (C=O) groups excluding carboxylic acids is 1. The molecule has 10 heteroatoms. The first-order valence-corrected chi connectivity index (χ1v) is 11.1. The zero-order valence-corrected chi connectivity index (χ0v) is 13.9. The number of aliphatic hydroxyl groups excluding tert-OH is 1. The van der Waals surface area contributed by atoms with Crippen molar-refractivity contribution in [3.05, 3.63) is 0 Å². The Morgan fingerprint density at radius 2 is 2.05 bits per heavy atom. The van der Waals surface area contributed by atoms with E-state index in [-0.39, 0.29) is 34.4 Å². The molecule has 1 amide bonds. The van der Waals surface area contributed by atoms with Crippen molar-refractivity contribution in [1.82, 2.24) is 9.57 Å². The van der Waals surface area contributed by atoms with E-state index in [9.17, 15) is 9.36 Å². The minimum absolute atomic E-state index is 0.0162. The van der Waals surface area contributed by atoms with Gasteiger partial charge in [-0.1, -0.05) is 0 Å². The Morgan fingerprint density at radius 1 is 1.42 bits per heavy atom. The molecule has 0 spiro atoms. The number of hydrogen-bond donors (Lipinski definition) is 2. The standard InChI is InChI=1S/C9H20IN3O5P/c1-10-8-18-19(11,16)13-4-2-12(3-5-13)9(15)17-7-6-14/h14H,2-8H2,1H3,(H2,11,16)/q-1. The van der Waals surface area contributed by atoms with Gasteiger partial charge in [0.15, 0.2) is 0 Å². The van der Waals surface area contributed by atoms with Crippen LogP contribution >= 0.6 is 7.67 Å². The molecule has 0 saturated carbocycles. The van der Waals surface area contributed by atoms with Gasteiger partial charge in [-0.15, -0.1) is 0 Å². The summed E-state index contributed by atoms with van der Waals surface area (Å²) >= 11 is -0.117. The van der Waals surface area contributed by atoms with Crippen LogP contribution in [0.15, 0.2) is 0 Å². The molecule has 0 aromatic carbocycles. The van der Waals surface area contributed by atoms with E-state index in [4.69, 9.17) is 19.9 Å². The van der Waals surface area contributed by atoms with Crippen LogP contribution in [0.1, 0.15) is 0 Å². The van der Waals surface area contributed by atoms with Gasteiger partial charge in [0, 0.05) is 0 Å². The number of amides is 1. The molecule has 1 aliphatic heterocycles. The van der Waals surface area contributed by atoms with E-state index in [0.29, 0.717) is 30.8 Å². The first-order chi connectivity index (χ1) is 9.01. The molecule has 114 valence electrons. The summed E-state index contributed by atoms with van der Waals surface area (Å²) in [6, 6.07) is 0. The molecule has 1 fully saturated rings. The van der Waals surface area contributed by atoms with Crippen LogP contribution in [0, 0.1) is 0 Å². The second-order valence-corrected chi connectivity index (χ2v) is 7.95. The molecule has 1 unspecified atom stereocenters. The van der Waals surface area contributed by atoms with Gasteiger partial charge in [-0.3, -0.25) is 0 Å². The third-order valence-electron chi connectivity index (χ3n) is 2.57. The third kappa shape index (κ3) is 5.52. The second kappa shape index (κ2) is 8.38. The van der Waals surface area contributed by atoms with Gasteiger partial charge in [0.05, 0.1) is 0 Å². The van der Waals surface area contributed by atoms with Crippen molar-refractivity contribution < 1.29 is 44.9 Å². The topological polar surface area (TPSA) is 105 Å². The van der Waals surface area contributed by atoms with Gasteiger partial charge in [0.2, 0.25) is 0 Å². The zero-order chi connectivity index (χ0) is 14.3. The third-order valence-corrected chi connectivity index (χ3v) is 5.68. The number of carbonyl (C=O) groups is 1. The van der Waals surface area contributed by atoms with Gasteiger partial charge in [-0.05, 0) is 0 Å². The molecule has 0 aromatic rings. The molecular formula is C9H20IN3O5P-. The van der Waals surface area contributed by atoms with Crippen molar-refractivity contribution in [2.24, 2.45) is 5.50 Å². The fourth-order valence-electron chi connectivity index (χ4n) is 1.58. The molecule has 19 heavy (non-hydrogen) atoms. The first kappa shape index (κ1) is 17.1. The van der Waals surface area contributed by atoms with Crippen LogP contribution in [0.5, 0.6) is 0 Å². The predicted molar refractivity (Wildman–Crippen MR) is 65.2 cm³/mol. The summed E-state index contributed by atoms with van der Waals surface area (Å²) in [6.07, 6.45) is -0.471. The van der Waals surface area contributed by atoms with Gasteiger partial charge in [0.25, 0.3) is 0 Å². The average Bonchev–Trinajstić information content (AvgIpc) is 2.42. The predicted octanol–water partition coefficient (Wildman–Crippen LogP) is -3.51. The van der Waals surface area contributed by atoms with Crippen LogP contribution in [-0.4, -0.2) is 69.7 Å². The van der Waals surface area contributed by atoms with Gasteiger partial charge in [-0.25, -0.2) is 0 Å². The van der Waals surface area contributed by atoms with Crippen LogP contribution in [0.4, 0.5) is 4.79 Å². The first-order valence-electron chi connectivity index (χ1n) is 5.76. The van der Waals surface area contributed by atoms with Crippen molar-refractivity contribution in [3.8, 4) is 0 Å². The van der Waals surface area contributed by atoms with Gasteiger partial charge in [0.1, 0.15) is 0 Å². The summed E-state index contributed by atoms with van der Waals surface area (Å²) in [5, 5.41) is 8.57. The van der Waals surface area contributed by atoms with E-state index in [2.05, 4.69) is 0 Å². The van der Waals surface area contributed by atoms with E-state index in [1.807, 2.05) is 4.93 Å². The number of aliphatic hydroxyl groups is 1. The minimum atomic E-state index is -3.22. The molecule has 0 aliphatic carbocycles. The van der Waals surface area contributed by atoms with Crippen LogP contribution in [0.2, 0.25) is 0 Å². The van der Waals surface area contributed by atoms with Gasteiger partial charge in [-0.2, -0.15) is 0 Å². The van der Waals surface area contributed by atoms with Crippen LogP contribution in [0.25, 0.3) is 0 Å². The normalized spacial score (nSPS) is 20.3. The number of rotatable bonds is 6. The number of hydrogen-bond acceptors (Lipinski definition) is 5. The molecular weight excluding hydrogens is 388 g/mol. The molecule has 1 rings (SSSR count). The van der Waals surface area contributed by atoms with Crippen molar-refractivity contribution in [1.29, 1.82) is 0 Å². The van der Waals surface area contributed by atoms with Crippen molar-refractivity contribution in [2.75, 3.05) is 48.9 Å². The quantitative estimate of drug-likeness (QED) is 0.267. The zero-order valence-electron chi connectivity index (χ0n) is 10.8. The summed E-state index contributed by atoms with van der Waals surface area (Å²) in [5.74, 6) is 0. The summed E-state index contributed by atoms with van der Waals surface area (Å²) < 4.78 is 24.2. The Bertz CT molecular complexity index is 338. The van der Waals surface area contributed by atoms with Gasteiger partial charge >= 0.3 is 123 Å². The molecule has 1 aliphatic rings. The van der Waals surface area contributed by atoms with Crippen LogP contribution in [-0.2, 0) is 13.8 Å². The summed E-state index contributed by atoms with van der Waals surface area (Å²) in [6.45, 7) is 1.34. The molecule has 1 atom stereocenters.